The smallest absolute Gasteiger partial charge is 0.447 e. The monoisotopic (exact) mass is 499 g/mol. The molecule has 1 heterocycles. The van der Waals surface area contributed by atoms with E-state index in [9.17, 15) is 31.5 Å². The van der Waals surface area contributed by atoms with Crippen LogP contribution in [0.15, 0.2) is 36.4 Å². The van der Waals surface area contributed by atoms with Crippen LogP contribution >= 0.6 is 0 Å². The molecule has 1 fully saturated rings. The number of carbonyl (C=O) groups is 2. The van der Waals surface area contributed by atoms with E-state index in [2.05, 4.69) is 5.32 Å². The minimum atomic E-state index is -4.72. The van der Waals surface area contributed by atoms with E-state index >= 15 is 0 Å². The Hall–Kier alpha value is -2.99. The lowest BCUT2D eigenvalue weighted by molar-refractivity contribution is -0.152. The van der Waals surface area contributed by atoms with Crippen molar-refractivity contribution in [1.82, 2.24) is 0 Å². The average Bonchev–Trinajstić information content (AvgIpc) is 2.95. The summed E-state index contributed by atoms with van der Waals surface area (Å²) < 4.78 is 85.3. The molecule has 0 aromatic heterocycles. The van der Waals surface area contributed by atoms with Crippen molar-refractivity contribution >= 4 is 30.1 Å². The Bertz CT molecular complexity index is 1140. The number of esters is 1. The number of alkyl halides is 3. The zero-order valence-corrected chi connectivity index (χ0v) is 19.5. The van der Waals surface area contributed by atoms with Crippen LogP contribution in [-0.4, -0.2) is 30.2 Å². The number of benzene rings is 2. The van der Waals surface area contributed by atoms with Crippen LogP contribution in [0.5, 0.6) is 0 Å². The molecule has 1 amide bonds. The summed E-state index contributed by atoms with van der Waals surface area (Å²) in [6.45, 7) is 7.89. The number of hydrogen-bond donors (Lipinski definition) is 1. The highest BCUT2D eigenvalue weighted by molar-refractivity contribution is 6.62. The van der Waals surface area contributed by atoms with Gasteiger partial charge < -0.3 is 19.4 Å². The van der Waals surface area contributed by atoms with Crippen LogP contribution in [0, 0.1) is 11.6 Å². The molecule has 188 valence electrons. The summed E-state index contributed by atoms with van der Waals surface area (Å²) in [6.07, 6.45) is -6.56. The van der Waals surface area contributed by atoms with Crippen molar-refractivity contribution in [3.8, 4) is 0 Å². The quantitative estimate of drug-likeness (QED) is 0.372. The molecule has 6 nitrogen and oxygen atoms in total. The van der Waals surface area contributed by atoms with Crippen molar-refractivity contribution in [1.29, 1.82) is 0 Å². The van der Waals surface area contributed by atoms with Crippen LogP contribution in [0.25, 0.3) is 0 Å². The van der Waals surface area contributed by atoms with E-state index < -0.39 is 65.4 Å². The highest BCUT2D eigenvalue weighted by Gasteiger charge is 2.52. The number of halogens is 5. The lowest BCUT2D eigenvalue weighted by atomic mass is 9.78. The maximum atomic E-state index is 14.9. The summed E-state index contributed by atoms with van der Waals surface area (Å²) in [5.41, 5.74) is -3.86. The largest absolute Gasteiger partial charge is 0.497 e. The van der Waals surface area contributed by atoms with Gasteiger partial charge in [-0.3, -0.25) is 9.59 Å². The number of hydrogen-bond acceptors (Lipinski definition) is 5. The molecule has 2 aromatic carbocycles. The van der Waals surface area contributed by atoms with Gasteiger partial charge >= 0.3 is 19.3 Å². The summed E-state index contributed by atoms with van der Waals surface area (Å²) in [5, 5.41) is 2.07. The number of carbonyl (C=O) groups excluding carboxylic acids is 2. The van der Waals surface area contributed by atoms with Gasteiger partial charge in [0.05, 0.1) is 22.5 Å². The van der Waals surface area contributed by atoms with Gasteiger partial charge in [0, 0.05) is 17.9 Å². The molecule has 0 spiro atoms. The maximum absolute atomic E-state index is 14.9. The van der Waals surface area contributed by atoms with E-state index in [0.29, 0.717) is 6.07 Å². The standard InChI is InChI=1S/C23H23BF5NO5/c1-12(31)33-19(13-7-6-8-14(11-13)23(27,28)29)20(32)30-16-10-9-15(17(25)18(16)26)24-34-21(2,3)22(4,5)35-24/h6-11,19H,1-5H3,(H,30,32). The molecule has 0 saturated carbocycles. The van der Waals surface area contributed by atoms with Crippen molar-refractivity contribution in [2.24, 2.45) is 0 Å². The van der Waals surface area contributed by atoms with E-state index in [1.54, 1.807) is 27.7 Å². The first-order valence-corrected chi connectivity index (χ1v) is 10.5. The van der Waals surface area contributed by atoms with Crippen LogP contribution < -0.4 is 10.8 Å². The molecule has 0 aliphatic carbocycles. The van der Waals surface area contributed by atoms with Gasteiger partial charge in [0.25, 0.3) is 5.91 Å². The highest BCUT2D eigenvalue weighted by atomic mass is 19.4. The summed E-state index contributed by atoms with van der Waals surface area (Å²) in [6, 6.07) is 5.78. The van der Waals surface area contributed by atoms with Gasteiger partial charge in [0.2, 0.25) is 6.10 Å². The molecule has 1 N–H and O–H groups in total. The molecule has 0 radical (unpaired) electrons. The fourth-order valence-electron chi connectivity index (χ4n) is 3.33. The van der Waals surface area contributed by atoms with Crippen molar-refractivity contribution in [3.63, 3.8) is 0 Å². The normalized spacial score (nSPS) is 17.7. The van der Waals surface area contributed by atoms with Crippen LogP contribution in [-0.2, 0) is 29.8 Å². The first kappa shape index (κ1) is 26.6. The molecule has 1 aliphatic rings. The Labute approximate surface area is 198 Å². The van der Waals surface area contributed by atoms with Crippen molar-refractivity contribution in [2.45, 2.75) is 58.1 Å². The molecule has 35 heavy (non-hydrogen) atoms. The number of anilines is 1. The second-order valence-corrected chi connectivity index (χ2v) is 9.02. The molecule has 1 unspecified atom stereocenters. The Morgan fingerprint density at radius 3 is 2.14 bits per heavy atom. The van der Waals surface area contributed by atoms with Crippen LogP contribution in [0.1, 0.15) is 51.8 Å². The molecule has 1 aliphatic heterocycles. The predicted octanol–water partition coefficient (Wildman–Crippen LogP) is 4.53. The Kier molecular flexibility index (Phi) is 7.02. The van der Waals surface area contributed by atoms with E-state index in [1.807, 2.05) is 0 Å². The van der Waals surface area contributed by atoms with Crippen LogP contribution in [0.4, 0.5) is 27.6 Å². The third-order valence-electron chi connectivity index (χ3n) is 5.92. The van der Waals surface area contributed by atoms with Gasteiger partial charge in [-0.2, -0.15) is 13.2 Å². The molecule has 1 saturated heterocycles. The number of rotatable bonds is 5. The predicted molar refractivity (Wildman–Crippen MR) is 117 cm³/mol. The molecular weight excluding hydrogens is 476 g/mol. The number of ether oxygens (including phenoxy) is 1. The average molecular weight is 499 g/mol. The van der Waals surface area contributed by atoms with E-state index in [1.165, 1.54) is 0 Å². The molecular formula is C23H23BF5NO5. The van der Waals surface area contributed by atoms with E-state index in [0.717, 1.165) is 37.3 Å². The summed E-state index contributed by atoms with van der Waals surface area (Å²) in [5.74, 6) is -4.94. The van der Waals surface area contributed by atoms with Gasteiger partial charge in [0.15, 0.2) is 11.6 Å². The number of nitrogens with one attached hydrogen (secondary N) is 1. The topological polar surface area (TPSA) is 73.9 Å². The van der Waals surface area contributed by atoms with Gasteiger partial charge in [0.1, 0.15) is 0 Å². The van der Waals surface area contributed by atoms with E-state index in [4.69, 9.17) is 14.0 Å². The molecule has 12 heteroatoms. The first-order valence-electron chi connectivity index (χ1n) is 10.5. The summed E-state index contributed by atoms with van der Waals surface area (Å²) >= 11 is 0. The zero-order chi connectivity index (χ0) is 26.3. The van der Waals surface area contributed by atoms with Crippen LogP contribution in [0.2, 0.25) is 0 Å². The summed E-state index contributed by atoms with van der Waals surface area (Å²) in [4.78, 5) is 24.3. The lowest BCUT2D eigenvalue weighted by Gasteiger charge is -2.32. The Balaban J connectivity index is 1.89. The molecule has 2 aromatic rings. The minimum Gasteiger partial charge on any atom is -0.447 e. The first-order chi connectivity index (χ1) is 16.0. The fourth-order valence-corrected chi connectivity index (χ4v) is 3.33. The Morgan fingerprint density at radius 1 is 1.00 bits per heavy atom. The van der Waals surface area contributed by atoms with Gasteiger partial charge in [-0.1, -0.05) is 18.2 Å². The molecule has 1 atom stereocenters. The van der Waals surface area contributed by atoms with Crippen LogP contribution in [0.3, 0.4) is 0 Å². The minimum absolute atomic E-state index is 0.242. The van der Waals surface area contributed by atoms with Crippen molar-refractivity contribution < 1.29 is 45.6 Å². The highest BCUT2D eigenvalue weighted by Crippen LogP contribution is 2.37. The zero-order valence-electron chi connectivity index (χ0n) is 19.5. The third-order valence-corrected chi connectivity index (χ3v) is 5.92. The number of amides is 1. The Morgan fingerprint density at radius 2 is 1.60 bits per heavy atom. The fraction of sp³-hybridized carbons (Fsp3) is 0.391. The third kappa shape index (κ3) is 5.48. The van der Waals surface area contributed by atoms with Gasteiger partial charge in [-0.25, -0.2) is 8.78 Å². The summed E-state index contributed by atoms with van der Waals surface area (Å²) in [7, 11) is -1.21. The van der Waals surface area contributed by atoms with Gasteiger partial charge in [-0.15, -0.1) is 0 Å². The van der Waals surface area contributed by atoms with E-state index in [-0.39, 0.29) is 11.0 Å². The maximum Gasteiger partial charge on any atom is 0.497 e. The second kappa shape index (κ2) is 9.23. The molecule has 3 rings (SSSR count). The SMILES string of the molecule is CC(=O)OC(C(=O)Nc1ccc(B2OC(C)(C)C(C)(C)O2)c(F)c1F)c1cccc(C(F)(F)F)c1. The van der Waals surface area contributed by atoms with Gasteiger partial charge in [-0.05, 0) is 45.9 Å². The second-order valence-electron chi connectivity index (χ2n) is 9.02. The van der Waals surface area contributed by atoms with Crippen molar-refractivity contribution in [3.05, 3.63) is 59.2 Å². The molecule has 0 bridgehead atoms. The lowest BCUT2D eigenvalue weighted by Crippen LogP contribution is -2.41. The van der Waals surface area contributed by atoms with Crippen molar-refractivity contribution in [2.75, 3.05) is 5.32 Å².